The minimum Gasteiger partial charge on any atom is -0.356 e. The SMILES string of the molecule is Cc1csc(CCNC(=O)CC(N)C2CC2)n1. The summed E-state index contributed by atoms with van der Waals surface area (Å²) in [7, 11) is 0. The van der Waals surface area contributed by atoms with E-state index in [-0.39, 0.29) is 11.9 Å². The molecular formula is C12H19N3OS. The molecule has 1 amide bonds. The molecule has 5 heteroatoms. The van der Waals surface area contributed by atoms with Crippen LogP contribution in [-0.2, 0) is 11.2 Å². The van der Waals surface area contributed by atoms with Gasteiger partial charge in [0.2, 0.25) is 5.91 Å². The molecule has 1 unspecified atom stereocenters. The summed E-state index contributed by atoms with van der Waals surface area (Å²) in [6.07, 6.45) is 3.64. The highest BCUT2D eigenvalue weighted by Gasteiger charge is 2.29. The van der Waals surface area contributed by atoms with Crippen molar-refractivity contribution in [3.8, 4) is 0 Å². The first-order chi connectivity index (χ1) is 8.15. The van der Waals surface area contributed by atoms with Crippen molar-refractivity contribution >= 4 is 17.2 Å². The van der Waals surface area contributed by atoms with Crippen LogP contribution in [0.4, 0.5) is 0 Å². The maximum Gasteiger partial charge on any atom is 0.221 e. The number of nitrogens with zero attached hydrogens (tertiary/aromatic N) is 1. The van der Waals surface area contributed by atoms with E-state index < -0.39 is 0 Å². The van der Waals surface area contributed by atoms with Crippen molar-refractivity contribution in [3.63, 3.8) is 0 Å². The highest BCUT2D eigenvalue weighted by atomic mass is 32.1. The van der Waals surface area contributed by atoms with Crippen LogP contribution in [0, 0.1) is 12.8 Å². The summed E-state index contributed by atoms with van der Waals surface area (Å²) in [6, 6.07) is 0.0529. The third-order valence-electron chi connectivity index (χ3n) is 2.98. The zero-order valence-electron chi connectivity index (χ0n) is 10.1. The quantitative estimate of drug-likeness (QED) is 0.801. The maximum absolute atomic E-state index is 11.6. The molecule has 1 fully saturated rings. The van der Waals surface area contributed by atoms with Crippen LogP contribution in [0.25, 0.3) is 0 Å². The molecule has 1 aliphatic rings. The monoisotopic (exact) mass is 253 g/mol. The molecule has 0 aliphatic heterocycles. The van der Waals surface area contributed by atoms with Gasteiger partial charge in [0, 0.05) is 36.5 Å². The first kappa shape index (κ1) is 12.5. The minimum atomic E-state index is 0.0529. The molecule has 3 N–H and O–H groups in total. The van der Waals surface area contributed by atoms with Crippen LogP contribution in [0.1, 0.15) is 30.0 Å². The lowest BCUT2D eigenvalue weighted by atomic mass is 10.1. The lowest BCUT2D eigenvalue weighted by Gasteiger charge is -2.09. The summed E-state index contributed by atoms with van der Waals surface area (Å²) < 4.78 is 0. The molecule has 0 spiro atoms. The third-order valence-corrected chi connectivity index (χ3v) is 4.00. The van der Waals surface area contributed by atoms with Crippen LogP contribution >= 0.6 is 11.3 Å². The lowest BCUT2D eigenvalue weighted by molar-refractivity contribution is -0.121. The summed E-state index contributed by atoms with van der Waals surface area (Å²) in [6.45, 7) is 2.64. The number of carbonyl (C=O) groups excluding carboxylic acids is 1. The molecule has 0 radical (unpaired) electrons. The summed E-state index contributed by atoms with van der Waals surface area (Å²) in [5.41, 5.74) is 6.94. The predicted octanol–water partition coefficient (Wildman–Crippen LogP) is 1.24. The second-order valence-corrected chi connectivity index (χ2v) is 5.63. The Morgan fingerprint density at radius 3 is 3.06 bits per heavy atom. The van der Waals surface area contributed by atoms with Crippen LogP contribution in [0.2, 0.25) is 0 Å². The van der Waals surface area contributed by atoms with Gasteiger partial charge in [-0.3, -0.25) is 4.79 Å². The molecule has 1 saturated carbocycles. The van der Waals surface area contributed by atoms with E-state index in [1.165, 1.54) is 12.8 Å². The highest BCUT2D eigenvalue weighted by Crippen LogP contribution is 2.32. The van der Waals surface area contributed by atoms with E-state index in [1.807, 2.05) is 12.3 Å². The number of nitrogens with two attached hydrogens (primary N) is 1. The normalized spacial score (nSPS) is 16.8. The number of carbonyl (C=O) groups is 1. The van der Waals surface area contributed by atoms with Crippen LogP contribution in [0.3, 0.4) is 0 Å². The molecule has 1 atom stereocenters. The summed E-state index contributed by atoms with van der Waals surface area (Å²) in [4.78, 5) is 15.9. The van der Waals surface area contributed by atoms with Crippen LogP contribution in [-0.4, -0.2) is 23.5 Å². The van der Waals surface area contributed by atoms with Crippen molar-refractivity contribution in [2.45, 2.75) is 38.6 Å². The Balaban J connectivity index is 1.62. The number of rotatable bonds is 6. The molecule has 1 aromatic rings. The molecule has 1 aromatic heterocycles. The van der Waals surface area contributed by atoms with Gasteiger partial charge < -0.3 is 11.1 Å². The first-order valence-electron chi connectivity index (χ1n) is 6.08. The van der Waals surface area contributed by atoms with E-state index in [2.05, 4.69) is 10.3 Å². The summed E-state index contributed by atoms with van der Waals surface area (Å²) in [5, 5.41) is 6.01. The molecular weight excluding hydrogens is 234 g/mol. The van der Waals surface area contributed by atoms with E-state index in [1.54, 1.807) is 11.3 Å². The highest BCUT2D eigenvalue weighted by molar-refractivity contribution is 7.09. The fourth-order valence-electron chi connectivity index (χ4n) is 1.80. The average Bonchev–Trinajstić information content (AvgIpc) is 3.04. The Bertz CT molecular complexity index is 387. The molecule has 2 rings (SSSR count). The molecule has 1 aliphatic carbocycles. The van der Waals surface area contributed by atoms with Gasteiger partial charge >= 0.3 is 0 Å². The molecule has 94 valence electrons. The number of hydrogen-bond acceptors (Lipinski definition) is 4. The van der Waals surface area contributed by atoms with Crippen molar-refractivity contribution in [2.75, 3.05) is 6.54 Å². The van der Waals surface area contributed by atoms with Gasteiger partial charge in [-0.2, -0.15) is 0 Å². The second-order valence-electron chi connectivity index (χ2n) is 4.69. The second kappa shape index (κ2) is 5.60. The van der Waals surface area contributed by atoms with Crippen molar-refractivity contribution in [1.29, 1.82) is 0 Å². The fourth-order valence-corrected chi connectivity index (χ4v) is 2.58. The number of amides is 1. The summed E-state index contributed by atoms with van der Waals surface area (Å²) in [5.74, 6) is 0.653. The molecule has 0 aromatic carbocycles. The number of hydrogen-bond donors (Lipinski definition) is 2. The molecule has 1 heterocycles. The zero-order valence-corrected chi connectivity index (χ0v) is 10.9. The standard InChI is InChI=1S/C12H19N3OS/c1-8-7-17-12(15-8)4-5-14-11(16)6-10(13)9-2-3-9/h7,9-10H,2-6,13H2,1H3,(H,14,16). The predicted molar refractivity (Wildman–Crippen MR) is 68.9 cm³/mol. The lowest BCUT2D eigenvalue weighted by Crippen LogP contribution is -2.33. The Morgan fingerprint density at radius 1 is 1.71 bits per heavy atom. The minimum absolute atomic E-state index is 0.0529. The van der Waals surface area contributed by atoms with E-state index in [0.29, 0.717) is 18.9 Å². The fraction of sp³-hybridized carbons (Fsp3) is 0.667. The molecule has 4 nitrogen and oxygen atoms in total. The van der Waals surface area contributed by atoms with Gasteiger partial charge in [-0.05, 0) is 25.7 Å². The van der Waals surface area contributed by atoms with Crippen molar-refractivity contribution < 1.29 is 4.79 Å². The number of aryl methyl sites for hydroxylation is 1. The Labute approximate surface area is 106 Å². The van der Waals surface area contributed by atoms with Crippen molar-refractivity contribution in [3.05, 3.63) is 16.1 Å². The smallest absolute Gasteiger partial charge is 0.221 e. The average molecular weight is 253 g/mol. The molecule has 0 bridgehead atoms. The van der Waals surface area contributed by atoms with Crippen LogP contribution in [0.15, 0.2) is 5.38 Å². The molecule has 17 heavy (non-hydrogen) atoms. The van der Waals surface area contributed by atoms with Crippen LogP contribution < -0.4 is 11.1 Å². The third kappa shape index (κ3) is 4.09. The Hall–Kier alpha value is -0.940. The largest absolute Gasteiger partial charge is 0.356 e. The van der Waals surface area contributed by atoms with Crippen molar-refractivity contribution in [1.82, 2.24) is 10.3 Å². The zero-order chi connectivity index (χ0) is 12.3. The maximum atomic E-state index is 11.6. The number of thiazole rings is 1. The van der Waals surface area contributed by atoms with E-state index >= 15 is 0 Å². The number of nitrogens with one attached hydrogen (secondary N) is 1. The van der Waals surface area contributed by atoms with E-state index in [0.717, 1.165) is 17.1 Å². The molecule has 0 saturated heterocycles. The van der Waals surface area contributed by atoms with Gasteiger partial charge in [0.25, 0.3) is 0 Å². The number of aromatic nitrogens is 1. The first-order valence-corrected chi connectivity index (χ1v) is 6.96. The van der Waals surface area contributed by atoms with Gasteiger partial charge in [0.15, 0.2) is 0 Å². The van der Waals surface area contributed by atoms with E-state index in [4.69, 9.17) is 5.73 Å². The Morgan fingerprint density at radius 2 is 2.47 bits per heavy atom. The van der Waals surface area contributed by atoms with Gasteiger partial charge in [-0.1, -0.05) is 0 Å². The van der Waals surface area contributed by atoms with Gasteiger partial charge in [0.05, 0.1) is 5.01 Å². The summed E-state index contributed by atoms with van der Waals surface area (Å²) >= 11 is 1.64. The van der Waals surface area contributed by atoms with Crippen molar-refractivity contribution in [2.24, 2.45) is 11.7 Å². The van der Waals surface area contributed by atoms with Gasteiger partial charge in [-0.15, -0.1) is 11.3 Å². The van der Waals surface area contributed by atoms with Crippen LogP contribution in [0.5, 0.6) is 0 Å². The topological polar surface area (TPSA) is 68.0 Å². The van der Waals surface area contributed by atoms with Gasteiger partial charge in [0.1, 0.15) is 0 Å². The van der Waals surface area contributed by atoms with Gasteiger partial charge in [-0.25, -0.2) is 4.98 Å². The Kier molecular flexibility index (Phi) is 4.12. The van der Waals surface area contributed by atoms with E-state index in [9.17, 15) is 4.79 Å².